The van der Waals surface area contributed by atoms with Crippen LogP contribution in [0.15, 0.2) is 41.3 Å². The Balaban J connectivity index is 1.96. The summed E-state index contributed by atoms with van der Waals surface area (Å²) in [5.41, 5.74) is 0. The van der Waals surface area contributed by atoms with Crippen molar-refractivity contribution in [2.75, 3.05) is 25.2 Å². The average Bonchev–Trinajstić information content (AvgIpc) is 3.06. The van der Waals surface area contributed by atoms with Crippen LogP contribution in [0.4, 0.5) is 0 Å². The third-order valence-electron chi connectivity index (χ3n) is 3.76. The lowest BCUT2D eigenvalue weighted by atomic mass is 10.1. The second-order valence-electron chi connectivity index (χ2n) is 5.08. The van der Waals surface area contributed by atoms with Gasteiger partial charge in [-0.05, 0) is 31.0 Å². The van der Waals surface area contributed by atoms with E-state index in [-0.39, 0.29) is 12.6 Å². The van der Waals surface area contributed by atoms with Crippen LogP contribution >= 0.6 is 0 Å². The Kier molecular flexibility index (Phi) is 4.34. The monoisotopic (exact) mass is 303 g/mol. The molecule has 1 aliphatic heterocycles. The van der Waals surface area contributed by atoms with E-state index in [0.717, 1.165) is 11.1 Å². The van der Waals surface area contributed by atoms with E-state index in [1.165, 1.54) is 41.7 Å². The molecular weight excluding hydrogens is 284 g/mol. The summed E-state index contributed by atoms with van der Waals surface area (Å²) in [6, 6.07) is 12.4. The zero-order valence-corrected chi connectivity index (χ0v) is 12.9. The van der Waals surface area contributed by atoms with Crippen LogP contribution in [0.3, 0.4) is 0 Å². The van der Waals surface area contributed by atoms with Crippen molar-refractivity contribution < 1.29 is 14.3 Å². The van der Waals surface area contributed by atoms with Gasteiger partial charge in [-0.1, -0.05) is 18.2 Å². The Morgan fingerprint density at radius 1 is 1.10 bits per heavy atom. The topological polar surface area (TPSA) is 35.5 Å². The van der Waals surface area contributed by atoms with Gasteiger partial charge in [0.1, 0.15) is 17.3 Å². The fourth-order valence-corrected chi connectivity index (χ4v) is 5.19. The van der Waals surface area contributed by atoms with Gasteiger partial charge in [0.05, 0.1) is 7.11 Å². The summed E-state index contributed by atoms with van der Waals surface area (Å²) >= 11 is 0. The highest BCUT2D eigenvalue weighted by Crippen LogP contribution is 2.34. The fraction of sp³-hybridized carbons (Fsp3) is 0.353. The van der Waals surface area contributed by atoms with Crippen LogP contribution in [0.2, 0.25) is 0 Å². The molecule has 1 fully saturated rings. The average molecular weight is 303 g/mol. The predicted octanol–water partition coefficient (Wildman–Crippen LogP) is 3.16. The molecule has 3 nitrogen and oxygen atoms in total. The summed E-state index contributed by atoms with van der Waals surface area (Å²) < 4.78 is 10.2. The van der Waals surface area contributed by atoms with Gasteiger partial charge in [-0.25, -0.2) is 4.79 Å². The number of hydrogen-bond donors (Lipinski definition) is 0. The van der Waals surface area contributed by atoms with Crippen LogP contribution in [-0.2, 0) is 20.4 Å². The van der Waals surface area contributed by atoms with Gasteiger partial charge in [0.15, 0.2) is 11.5 Å². The molecule has 3 rings (SSSR count). The van der Waals surface area contributed by atoms with E-state index >= 15 is 0 Å². The predicted molar refractivity (Wildman–Crippen MR) is 86.1 cm³/mol. The Morgan fingerprint density at radius 2 is 1.81 bits per heavy atom. The molecule has 0 unspecified atom stereocenters. The van der Waals surface area contributed by atoms with Gasteiger partial charge in [0.25, 0.3) is 0 Å². The Hall–Kier alpha value is -1.68. The number of fused-ring (bicyclic) bond motifs is 1. The standard InChI is InChI=1S/C17H19O3S/c1-19-17(18)12-20-15-8-9-16(21-10-4-5-11-21)14-7-3-2-6-13(14)15/h2-3,6-9H,4-5,10-12H2,1H3/q+1. The first-order valence-electron chi connectivity index (χ1n) is 7.18. The molecule has 1 saturated heterocycles. The van der Waals surface area contributed by atoms with Crippen molar-refractivity contribution in [2.45, 2.75) is 17.7 Å². The van der Waals surface area contributed by atoms with Crippen molar-refractivity contribution in [3.8, 4) is 5.75 Å². The Morgan fingerprint density at radius 3 is 2.52 bits per heavy atom. The molecule has 0 bridgehead atoms. The molecule has 110 valence electrons. The van der Waals surface area contributed by atoms with Crippen molar-refractivity contribution in [2.24, 2.45) is 0 Å². The molecule has 0 N–H and O–H groups in total. The first-order chi connectivity index (χ1) is 10.3. The number of rotatable bonds is 4. The molecule has 0 spiro atoms. The Labute approximate surface area is 127 Å². The number of benzene rings is 2. The molecule has 0 aliphatic carbocycles. The van der Waals surface area contributed by atoms with Gasteiger partial charge in [-0.2, -0.15) is 0 Å². The molecule has 4 heteroatoms. The maximum Gasteiger partial charge on any atom is 0.343 e. The summed E-state index contributed by atoms with van der Waals surface area (Å²) in [4.78, 5) is 12.7. The zero-order chi connectivity index (χ0) is 14.7. The molecule has 0 radical (unpaired) electrons. The second kappa shape index (κ2) is 6.39. The van der Waals surface area contributed by atoms with E-state index in [4.69, 9.17) is 4.74 Å². The number of methoxy groups -OCH3 is 1. The minimum atomic E-state index is -0.360. The molecule has 0 atom stereocenters. The highest BCUT2D eigenvalue weighted by molar-refractivity contribution is 7.97. The lowest BCUT2D eigenvalue weighted by molar-refractivity contribution is -0.142. The summed E-state index contributed by atoms with van der Waals surface area (Å²) in [6.45, 7) is -0.0500. The maximum absolute atomic E-state index is 11.3. The quantitative estimate of drug-likeness (QED) is 0.643. The molecule has 0 saturated carbocycles. The number of ether oxygens (including phenoxy) is 2. The van der Waals surface area contributed by atoms with Crippen LogP contribution in [-0.4, -0.2) is 31.2 Å². The van der Waals surface area contributed by atoms with E-state index in [9.17, 15) is 4.79 Å². The highest BCUT2D eigenvalue weighted by Gasteiger charge is 2.29. The van der Waals surface area contributed by atoms with Crippen LogP contribution < -0.4 is 4.74 Å². The summed E-state index contributed by atoms with van der Waals surface area (Å²) in [6.07, 6.45) is 2.66. The lowest BCUT2D eigenvalue weighted by Crippen LogP contribution is -2.13. The molecule has 0 aromatic heterocycles. The number of hydrogen-bond acceptors (Lipinski definition) is 3. The third kappa shape index (κ3) is 3.00. The normalized spacial score (nSPS) is 15.3. The van der Waals surface area contributed by atoms with E-state index in [0.29, 0.717) is 10.9 Å². The van der Waals surface area contributed by atoms with Crippen molar-refractivity contribution in [1.29, 1.82) is 0 Å². The molecule has 2 aromatic carbocycles. The summed E-state index contributed by atoms with van der Waals surface area (Å²) in [7, 11) is 1.73. The van der Waals surface area contributed by atoms with Crippen molar-refractivity contribution in [3.63, 3.8) is 0 Å². The first-order valence-corrected chi connectivity index (χ1v) is 8.75. The van der Waals surface area contributed by atoms with E-state index in [1.807, 2.05) is 12.1 Å². The Bertz CT molecular complexity index is 648. The van der Waals surface area contributed by atoms with E-state index in [1.54, 1.807) is 0 Å². The molecule has 1 aliphatic rings. The van der Waals surface area contributed by atoms with E-state index < -0.39 is 0 Å². The highest BCUT2D eigenvalue weighted by atomic mass is 32.2. The maximum atomic E-state index is 11.3. The summed E-state index contributed by atoms with van der Waals surface area (Å²) in [5, 5.41) is 2.34. The van der Waals surface area contributed by atoms with Gasteiger partial charge in [-0.3, -0.25) is 0 Å². The molecule has 0 amide bonds. The first kappa shape index (κ1) is 14.3. The van der Waals surface area contributed by atoms with Gasteiger partial charge in [0, 0.05) is 21.7 Å². The largest absolute Gasteiger partial charge is 0.481 e. The minimum Gasteiger partial charge on any atom is -0.481 e. The van der Waals surface area contributed by atoms with Crippen LogP contribution in [0.5, 0.6) is 5.75 Å². The minimum absolute atomic E-state index is 0.0500. The van der Waals surface area contributed by atoms with Crippen molar-refractivity contribution >= 4 is 27.6 Å². The van der Waals surface area contributed by atoms with Gasteiger partial charge in [0.2, 0.25) is 0 Å². The number of carbonyl (C=O) groups is 1. The molecule has 21 heavy (non-hydrogen) atoms. The van der Waals surface area contributed by atoms with Crippen LogP contribution in [0, 0.1) is 0 Å². The van der Waals surface area contributed by atoms with Crippen LogP contribution in [0.1, 0.15) is 12.8 Å². The van der Waals surface area contributed by atoms with Crippen molar-refractivity contribution in [1.82, 2.24) is 0 Å². The van der Waals surface area contributed by atoms with Gasteiger partial charge in [-0.15, -0.1) is 0 Å². The zero-order valence-electron chi connectivity index (χ0n) is 12.1. The molecule has 1 heterocycles. The van der Waals surface area contributed by atoms with E-state index in [2.05, 4.69) is 29.0 Å². The van der Waals surface area contributed by atoms with Gasteiger partial charge >= 0.3 is 5.97 Å². The SMILES string of the molecule is COC(=O)COc1ccc([S+]2CCCC2)c2ccccc12. The second-order valence-corrected chi connectivity index (χ2v) is 7.32. The van der Waals surface area contributed by atoms with Gasteiger partial charge < -0.3 is 9.47 Å². The smallest absolute Gasteiger partial charge is 0.343 e. The number of carbonyl (C=O) groups excluding carboxylic acids is 1. The lowest BCUT2D eigenvalue weighted by Gasteiger charge is -2.11. The van der Waals surface area contributed by atoms with Crippen LogP contribution in [0.25, 0.3) is 10.8 Å². The summed E-state index contributed by atoms with van der Waals surface area (Å²) in [5.74, 6) is 2.99. The molecule has 2 aromatic rings. The molecular formula is C17H19O3S+. The van der Waals surface area contributed by atoms with Crippen molar-refractivity contribution in [3.05, 3.63) is 36.4 Å². The fourth-order valence-electron chi connectivity index (χ4n) is 2.69. The number of esters is 1. The third-order valence-corrected chi connectivity index (χ3v) is 6.30.